The molecular formula is C14H16N4O2. The molecule has 1 aliphatic heterocycles. The van der Waals surface area contributed by atoms with Gasteiger partial charge in [0.25, 0.3) is 5.56 Å². The lowest BCUT2D eigenvalue weighted by atomic mass is 10.2. The molecule has 0 bridgehead atoms. The Hall–Kier alpha value is -2.21. The number of ether oxygens (including phenoxy) is 1. The number of aryl methyl sites for hydroxylation is 1. The number of para-hydroxylation sites is 1. The van der Waals surface area contributed by atoms with Gasteiger partial charge in [0.05, 0.1) is 24.1 Å². The summed E-state index contributed by atoms with van der Waals surface area (Å²) in [5.74, 6) is 0.582. The van der Waals surface area contributed by atoms with Gasteiger partial charge in [-0.3, -0.25) is 4.79 Å². The van der Waals surface area contributed by atoms with Crippen LogP contribution in [-0.2, 0) is 4.74 Å². The van der Waals surface area contributed by atoms with E-state index in [2.05, 4.69) is 10.1 Å². The topological polar surface area (TPSA) is 59.7 Å². The van der Waals surface area contributed by atoms with Crippen LogP contribution in [0, 0.1) is 6.92 Å². The number of fused-ring (bicyclic) bond motifs is 1. The summed E-state index contributed by atoms with van der Waals surface area (Å²) >= 11 is 0. The molecule has 1 aromatic heterocycles. The molecule has 1 aliphatic rings. The van der Waals surface area contributed by atoms with Gasteiger partial charge in [-0.25, -0.2) is 4.98 Å². The Kier molecular flexibility index (Phi) is 3.47. The minimum Gasteiger partial charge on any atom is -0.378 e. The van der Waals surface area contributed by atoms with E-state index in [0.29, 0.717) is 29.9 Å². The standard InChI is InChI=1S/C14H16N4O2/c1-11-16-13-5-3-2-4-12(13)14(19)18(11)15-10-17-6-8-20-9-7-17/h2-5,10H,6-9H2,1H3/b15-10+. The highest BCUT2D eigenvalue weighted by Crippen LogP contribution is 2.07. The van der Waals surface area contributed by atoms with Crippen LogP contribution in [0.5, 0.6) is 0 Å². The van der Waals surface area contributed by atoms with Crippen LogP contribution in [0.15, 0.2) is 34.2 Å². The van der Waals surface area contributed by atoms with Crippen LogP contribution in [0.25, 0.3) is 10.9 Å². The molecule has 6 nitrogen and oxygen atoms in total. The van der Waals surface area contributed by atoms with Gasteiger partial charge in [0.15, 0.2) is 0 Å². The van der Waals surface area contributed by atoms with Crippen LogP contribution in [0.4, 0.5) is 0 Å². The highest BCUT2D eigenvalue weighted by Gasteiger charge is 2.08. The van der Waals surface area contributed by atoms with E-state index < -0.39 is 0 Å². The zero-order valence-electron chi connectivity index (χ0n) is 11.3. The maximum Gasteiger partial charge on any atom is 0.282 e. The maximum atomic E-state index is 12.4. The predicted octanol–water partition coefficient (Wildman–Crippen LogP) is 0.829. The Balaban J connectivity index is 1.98. The quantitative estimate of drug-likeness (QED) is 0.600. The number of hydrogen-bond donors (Lipinski definition) is 0. The van der Waals surface area contributed by atoms with E-state index in [1.165, 1.54) is 4.68 Å². The van der Waals surface area contributed by atoms with Crippen molar-refractivity contribution in [2.75, 3.05) is 26.3 Å². The summed E-state index contributed by atoms with van der Waals surface area (Å²) in [6.45, 7) is 4.74. The van der Waals surface area contributed by atoms with Gasteiger partial charge < -0.3 is 9.64 Å². The minimum atomic E-state index is -0.141. The van der Waals surface area contributed by atoms with Gasteiger partial charge in [-0.2, -0.15) is 9.78 Å². The summed E-state index contributed by atoms with van der Waals surface area (Å²) in [6.07, 6.45) is 1.69. The third-order valence-corrected chi connectivity index (χ3v) is 3.29. The summed E-state index contributed by atoms with van der Waals surface area (Å²) in [5.41, 5.74) is 0.561. The van der Waals surface area contributed by atoms with E-state index >= 15 is 0 Å². The van der Waals surface area contributed by atoms with E-state index in [4.69, 9.17) is 4.74 Å². The van der Waals surface area contributed by atoms with Crippen molar-refractivity contribution in [2.24, 2.45) is 5.10 Å². The molecule has 0 N–H and O–H groups in total. The summed E-state index contributed by atoms with van der Waals surface area (Å²) in [7, 11) is 0. The Labute approximate surface area is 116 Å². The molecule has 1 fully saturated rings. The Bertz CT molecular complexity index is 702. The van der Waals surface area contributed by atoms with E-state index in [-0.39, 0.29) is 5.56 Å². The smallest absolute Gasteiger partial charge is 0.282 e. The summed E-state index contributed by atoms with van der Waals surface area (Å²) < 4.78 is 6.62. The average Bonchev–Trinajstić information content (AvgIpc) is 2.48. The van der Waals surface area contributed by atoms with E-state index in [1.807, 2.05) is 23.1 Å². The third-order valence-electron chi connectivity index (χ3n) is 3.29. The normalized spacial score (nSPS) is 16.1. The zero-order valence-corrected chi connectivity index (χ0v) is 11.3. The van der Waals surface area contributed by atoms with E-state index in [9.17, 15) is 4.79 Å². The number of hydrogen-bond acceptors (Lipinski definition) is 4. The molecule has 1 saturated heterocycles. The van der Waals surface area contributed by atoms with Crippen molar-refractivity contribution >= 4 is 17.2 Å². The molecule has 2 heterocycles. The van der Waals surface area contributed by atoms with Gasteiger partial charge in [-0.15, -0.1) is 0 Å². The van der Waals surface area contributed by atoms with Crippen molar-refractivity contribution < 1.29 is 4.74 Å². The number of morpholine rings is 1. The van der Waals surface area contributed by atoms with Crippen LogP contribution in [0.3, 0.4) is 0 Å². The molecule has 0 saturated carbocycles. The SMILES string of the molecule is Cc1nc2ccccc2c(=O)n1/N=C/N1CCOCC1. The van der Waals surface area contributed by atoms with Gasteiger partial charge in [-0.05, 0) is 19.1 Å². The molecule has 0 unspecified atom stereocenters. The number of nitrogens with zero attached hydrogens (tertiary/aromatic N) is 4. The van der Waals surface area contributed by atoms with Gasteiger partial charge >= 0.3 is 0 Å². The molecule has 20 heavy (non-hydrogen) atoms. The maximum absolute atomic E-state index is 12.4. The van der Waals surface area contributed by atoms with Crippen LogP contribution in [-0.4, -0.2) is 47.2 Å². The Morgan fingerprint density at radius 3 is 2.85 bits per heavy atom. The van der Waals surface area contributed by atoms with Crippen molar-refractivity contribution in [3.8, 4) is 0 Å². The Morgan fingerprint density at radius 1 is 1.30 bits per heavy atom. The number of rotatable bonds is 2. The first-order chi connectivity index (χ1) is 9.75. The van der Waals surface area contributed by atoms with Crippen LogP contribution < -0.4 is 5.56 Å². The molecule has 0 atom stereocenters. The molecule has 1 aromatic carbocycles. The first-order valence-corrected chi connectivity index (χ1v) is 6.60. The molecular weight excluding hydrogens is 256 g/mol. The molecule has 0 spiro atoms. The minimum absolute atomic E-state index is 0.141. The molecule has 104 valence electrons. The molecule has 6 heteroatoms. The number of benzene rings is 1. The van der Waals surface area contributed by atoms with Crippen molar-refractivity contribution in [1.82, 2.24) is 14.6 Å². The van der Waals surface area contributed by atoms with Gasteiger partial charge in [-0.1, -0.05) is 12.1 Å². The monoisotopic (exact) mass is 272 g/mol. The highest BCUT2D eigenvalue weighted by molar-refractivity contribution is 5.77. The highest BCUT2D eigenvalue weighted by atomic mass is 16.5. The fourth-order valence-corrected chi connectivity index (χ4v) is 2.19. The second-order valence-electron chi connectivity index (χ2n) is 4.67. The number of aromatic nitrogens is 2. The second kappa shape index (κ2) is 5.42. The van der Waals surface area contributed by atoms with E-state index in [1.54, 1.807) is 19.3 Å². The van der Waals surface area contributed by atoms with Crippen LogP contribution >= 0.6 is 0 Å². The molecule has 3 rings (SSSR count). The van der Waals surface area contributed by atoms with Crippen LogP contribution in [0.1, 0.15) is 5.82 Å². The molecule has 0 radical (unpaired) electrons. The first kappa shape index (κ1) is 12.8. The van der Waals surface area contributed by atoms with Crippen LogP contribution in [0.2, 0.25) is 0 Å². The lowest BCUT2D eigenvalue weighted by molar-refractivity contribution is 0.0698. The predicted molar refractivity (Wildman–Crippen MR) is 77.0 cm³/mol. The lowest BCUT2D eigenvalue weighted by Crippen LogP contribution is -2.35. The van der Waals surface area contributed by atoms with Crippen molar-refractivity contribution in [3.05, 3.63) is 40.4 Å². The summed E-state index contributed by atoms with van der Waals surface area (Å²) in [4.78, 5) is 18.8. The Morgan fingerprint density at radius 2 is 2.05 bits per heavy atom. The largest absolute Gasteiger partial charge is 0.378 e. The fraction of sp³-hybridized carbons (Fsp3) is 0.357. The second-order valence-corrected chi connectivity index (χ2v) is 4.67. The van der Waals surface area contributed by atoms with Crippen molar-refractivity contribution in [1.29, 1.82) is 0 Å². The molecule has 0 amide bonds. The van der Waals surface area contributed by atoms with Crippen molar-refractivity contribution in [2.45, 2.75) is 6.92 Å². The fourth-order valence-electron chi connectivity index (χ4n) is 2.19. The lowest BCUT2D eigenvalue weighted by Gasteiger charge is -2.24. The third kappa shape index (κ3) is 2.42. The van der Waals surface area contributed by atoms with Gasteiger partial charge in [0.2, 0.25) is 0 Å². The average molecular weight is 272 g/mol. The zero-order chi connectivity index (χ0) is 13.9. The van der Waals surface area contributed by atoms with Gasteiger partial charge in [0.1, 0.15) is 12.2 Å². The summed E-state index contributed by atoms with van der Waals surface area (Å²) in [5, 5.41) is 4.85. The summed E-state index contributed by atoms with van der Waals surface area (Å²) in [6, 6.07) is 7.30. The molecule has 0 aliphatic carbocycles. The van der Waals surface area contributed by atoms with Crippen molar-refractivity contribution in [3.63, 3.8) is 0 Å². The van der Waals surface area contributed by atoms with E-state index in [0.717, 1.165) is 13.1 Å². The van der Waals surface area contributed by atoms with Gasteiger partial charge in [0, 0.05) is 13.1 Å². The molecule has 2 aromatic rings. The first-order valence-electron chi connectivity index (χ1n) is 6.60.